The van der Waals surface area contributed by atoms with Gasteiger partial charge in [0.05, 0.1) is 18.0 Å². The minimum absolute atomic E-state index is 0.0149. The summed E-state index contributed by atoms with van der Waals surface area (Å²) in [5.74, 6) is 0. The Balaban J connectivity index is 1.90. The zero-order chi connectivity index (χ0) is 14.2. The van der Waals surface area contributed by atoms with Crippen LogP contribution in [0.4, 0.5) is 0 Å². The van der Waals surface area contributed by atoms with E-state index in [-0.39, 0.29) is 6.61 Å². The highest BCUT2D eigenvalue weighted by Gasteiger charge is 2.08. The second-order valence-electron chi connectivity index (χ2n) is 4.79. The molecule has 0 aliphatic carbocycles. The van der Waals surface area contributed by atoms with E-state index >= 15 is 0 Å². The lowest BCUT2D eigenvalue weighted by Crippen LogP contribution is -2.30. The first kappa shape index (κ1) is 14.6. The van der Waals surface area contributed by atoms with Crippen molar-refractivity contribution in [3.63, 3.8) is 0 Å². The highest BCUT2D eigenvalue weighted by Crippen LogP contribution is 2.05. The first-order chi connectivity index (χ1) is 9.81. The molecule has 0 amide bonds. The Kier molecular flexibility index (Phi) is 5.65. The number of pyridine rings is 2. The van der Waals surface area contributed by atoms with Crippen LogP contribution in [-0.4, -0.2) is 21.1 Å². The van der Waals surface area contributed by atoms with Gasteiger partial charge in [0.2, 0.25) is 0 Å². The number of aliphatic hydroxyl groups excluding tert-OH is 1. The number of nitrogens with zero attached hydrogens (tertiary/aromatic N) is 2. The van der Waals surface area contributed by atoms with Crippen molar-refractivity contribution in [2.45, 2.75) is 39.0 Å². The van der Waals surface area contributed by atoms with E-state index in [0.29, 0.717) is 18.3 Å². The summed E-state index contributed by atoms with van der Waals surface area (Å²) in [5.41, 5.74) is 2.77. The number of rotatable bonds is 7. The molecule has 0 saturated carbocycles. The molecule has 0 aliphatic heterocycles. The molecule has 2 rings (SSSR count). The average molecular weight is 271 g/mol. The first-order valence-electron chi connectivity index (χ1n) is 7.00. The highest BCUT2D eigenvalue weighted by atomic mass is 16.3. The van der Waals surface area contributed by atoms with Crippen molar-refractivity contribution in [3.8, 4) is 0 Å². The zero-order valence-electron chi connectivity index (χ0n) is 11.8. The van der Waals surface area contributed by atoms with Gasteiger partial charge < -0.3 is 10.4 Å². The maximum Gasteiger partial charge on any atom is 0.0853 e. The molecule has 0 spiro atoms. The molecular formula is C16H21N3O. The van der Waals surface area contributed by atoms with Gasteiger partial charge in [-0.05, 0) is 30.7 Å². The third kappa shape index (κ3) is 4.40. The van der Waals surface area contributed by atoms with Crippen molar-refractivity contribution in [2.24, 2.45) is 0 Å². The van der Waals surface area contributed by atoms with Crippen LogP contribution in [0.1, 0.15) is 30.4 Å². The van der Waals surface area contributed by atoms with Gasteiger partial charge >= 0.3 is 0 Å². The van der Waals surface area contributed by atoms with Crippen LogP contribution in [-0.2, 0) is 19.6 Å². The molecule has 0 fully saturated rings. The molecule has 0 aromatic carbocycles. The summed E-state index contributed by atoms with van der Waals surface area (Å²) in [6.07, 6.45) is 3.78. The molecule has 0 bridgehead atoms. The molecule has 106 valence electrons. The SMILES string of the molecule is CCC(Cc1ccccn1)NCc1cccc(CO)n1. The van der Waals surface area contributed by atoms with Crippen molar-refractivity contribution in [1.82, 2.24) is 15.3 Å². The van der Waals surface area contributed by atoms with Crippen molar-refractivity contribution < 1.29 is 5.11 Å². The van der Waals surface area contributed by atoms with Gasteiger partial charge in [-0.2, -0.15) is 0 Å². The van der Waals surface area contributed by atoms with E-state index in [4.69, 9.17) is 5.11 Å². The molecule has 0 saturated heterocycles. The van der Waals surface area contributed by atoms with Gasteiger partial charge in [0, 0.05) is 30.9 Å². The fourth-order valence-corrected chi connectivity index (χ4v) is 2.10. The summed E-state index contributed by atoms with van der Waals surface area (Å²) in [6, 6.07) is 12.1. The summed E-state index contributed by atoms with van der Waals surface area (Å²) in [7, 11) is 0. The van der Waals surface area contributed by atoms with E-state index in [1.807, 2.05) is 36.5 Å². The van der Waals surface area contributed by atoms with Crippen molar-refractivity contribution >= 4 is 0 Å². The van der Waals surface area contributed by atoms with Crippen LogP contribution in [0.5, 0.6) is 0 Å². The maximum absolute atomic E-state index is 9.09. The van der Waals surface area contributed by atoms with Gasteiger partial charge in [-0.3, -0.25) is 9.97 Å². The van der Waals surface area contributed by atoms with Crippen LogP contribution in [0.3, 0.4) is 0 Å². The predicted octanol–water partition coefficient (Wildman–Crippen LogP) is 2.08. The maximum atomic E-state index is 9.09. The lowest BCUT2D eigenvalue weighted by atomic mass is 10.1. The fraction of sp³-hybridized carbons (Fsp3) is 0.375. The van der Waals surface area contributed by atoms with E-state index in [0.717, 1.165) is 24.2 Å². The number of hydrogen-bond donors (Lipinski definition) is 2. The lowest BCUT2D eigenvalue weighted by Gasteiger charge is -2.16. The third-order valence-corrected chi connectivity index (χ3v) is 3.27. The molecule has 2 aromatic rings. The van der Waals surface area contributed by atoms with E-state index < -0.39 is 0 Å². The third-order valence-electron chi connectivity index (χ3n) is 3.27. The molecule has 0 radical (unpaired) electrons. The summed E-state index contributed by atoms with van der Waals surface area (Å²) < 4.78 is 0. The van der Waals surface area contributed by atoms with Crippen molar-refractivity contribution in [1.29, 1.82) is 0 Å². The van der Waals surface area contributed by atoms with Gasteiger partial charge in [-0.25, -0.2) is 0 Å². The molecular weight excluding hydrogens is 250 g/mol. The largest absolute Gasteiger partial charge is 0.390 e. The quantitative estimate of drug-likeness (QED) is 0.809. The fourth-order valence-electron chi connectivity index (χ4n) is 2.10. The molecule has 0 aliphatic rings. The minimum atomic E-state index is -0.0149. The summed E-state index contributed by atoms with van der Waals surface area (Å²) in [4.78, 5) is 8.74. The van der Waals surface area contributed by atoms with E-state index in [9.17, 15) is 0 Å². The van der Waals surface area contributed by atoms with Crippen LogP contribution >= 0.6 is 0 Å². The Labute approximate surface area is 119 Å². The van der Waals surface area contributed by atoms with Crippen molar-refractivity contribution in [2.75, 3.05) is 0 Å². The zero-order valence-corrected chi connectivity index (χ0v) is 11.8. The number of aromatic nitrogens is 2. The topological polar surface area (TPSA) is 58.0 Å². The van der Waals surface area contributed by atoms with Gasteiger partial charge in [-0.15, -0.1) is 0 Å². The van der Waals surface area contributed by atoms with Crippen LogP contribution in [0.25, 0.3) is 0 Å². The molecule has 20 heavy (non-hydrogen) atoms. The summed E-state index contributed by atoms with van der Waals surface area (Å²) >= 11 is 0. The Hall–Kier alpha value is -1.78. The van der Waals surface area contributed by atoms with Gasteiger partial charge in [0.1, 0.15) is 0 Å². The van der Waals surface area contributed by atoms with Crippen LogP contribution in [0.15, 0.2) is 42.6 Å². The molecule has 1 atom stereocenters. The van der Waals surface area contributed by atoms with Crippen molar-refractivity contribution in [3.05, 3.63) is 59.7 Å². The molecule has 2 aromatic heterocycles. The average Bonchev–Trinajstić information content (AvgIpc) is 2.52. The van der Waals surface area contributed by atoms with Crippen LogP contribution < -0.4 is 5.32 Å². The Morgan fingerprint density at radius 2 is 1.90 bits per heavy atom. The highest BCUT2D eigenvalue weighted by molar-refractivity contribution is 5.11. The molecule has 2 heterocycles. The normalized spacial score (nSPS) is 12.3. The first-order valence-corrected chi connectivity index (χ1v) is 7.00. The second-order valence-corrected chi connectivity index (χ2v) is 4.79. The van der Waals surface area contributed by atoms with E-state index in [1.165, 1.54) is 0 Å². The Morgan fingerprint density at radius 3 is 2.60 bits per heavy atom. The minimum Gasteiger partial charge on any atom is -0.390 e. The number of hydrogen-bond acceptors (Lipinski definition) is 4. The van der Waals surface area contributed by atoms with E-state index in [2.05, 4.69) is 28.3 Å². The standard InChI is InChI=1S/C16H21N3O/c1-2-13(10-14-6-3-4-9-17-14)18-11-15-7-5-8-16(12-20)19-15/h3-9,13,18,20H,2,10-12H2,1H3. The monoisotopic (exact) mass is 271 g/mol. The van der Waals surface area contributed by atoms with Crippen LogP contribution in [0, 0.1) is 0 Å². The van der Waals surface area contributed by atoms with Gasteiger partial charge in [0.15, 0.2) is 0 Å². The molecule has 2 N–H and O–H groups in total. The Bertz CT molecular complexity index is 516. The summed E-state index contributed by atoms with van der Waals surface area (Å²) in [5, 5.41) is 12.6. The molecule has 1 unspecified atom stereocenters. The number of nitrogens with one attached hydrogen (secondary N) is 1. The Morgan fingerprint density at radius 1 is 1.10 bits per heavy atom. The predicted molar refractivity (Wildman–Crippen MR) is 79.0 cm³/mol. The van der Waals surface area contributed by atoms with E-state index in [1.54, 1.807) is 0 Å². The van der Waals surface area contributed by atoms with Gasteiger partial charge in [-0.1, -0.05) is 19.1 Å². The summed E-state index contributed by atoms with van der Waals surface area (Å²) in [6.45, 7) is 2.86. The number of aliphatic hydroxyl groups is 1. The lowest BCUT2D eigenvalue weighted by molar-refractivity contribution is 0.276. The molecule has 4 nitrogen and oxygen atoms in total. The molecule has 4 heteroatoms. The smallest absolute Gasteiger partial charge is 0.0853 e. The second kappa shape index (κ2) is 7.72. The van der Waals surface area contributed by atoms with Gasteiger partial charge in [0.25, 0.3) is 0 Å². The van der Waals surface area contributed by atoms with Crippen LogP contribution in [0.2, 0.25) is 0 Å².